The molecule has 0 aromatic carbocycles. The average molecular weight is 863 g/mol. The van der Waals surface area contributed by atoms with Gasteiger partial charge in [-0.15, -0.1) is 0 Å². The standard InChI is InChI=1S/C49H99O9P/c1-3-5-7-9-11-13-15-17-19-20-21-22-23-24-25-26-27-28-30-32-34-36-38-40-42-55-45-48(46-57-59(53,54)56-44-47(51)43-50)58-49(52)41-39-37-35-33-31-29-18-16-14-12-10-8-6-4-2/h47-48,50-51H,3-46H2,1-2H3,(H,53,54). The number of aliphatic hydroxyl groups excluding tert-OH is 2. The van der Waals surface area contributed by atoms with Crippen LogP contribution >= 0.6 is 7.82 Å². The van der Waals surface area contributed by atoms with Crippen molar-refractivity contribution in [3.05, 3.63) is 0 Å². The number of carbonyl (C=O) groups excluding carboxylic acids is 1. The van der Waals surface area contributed by atoms with Crippen LogP contribution in [0.25, 0.3) is 0 Å². The second-order valence-electron chi connectivity index (χ2n) is 17.6. The van der Waals surface area contributed by atoms with Gasteiger partial charge in [0.15, 0.2) is 0 Å². The molecule has 0 aliphatic rings. The lowest BCUT2D eigenvalue weighted by molar-refractivity contribution is -0.154. The fraction of sp³-hybridized carbons (Fsp3) is 0.980. The van der Waals surface area contributed by atoms with E-state index in [1.54, 1.807) is 0 Å². The lowest BCUT2D eigenvalue weighted by Gasteiger charge is -2.20. The minimum atomic E-state index is -4.51. The van der Waals surface area contributed by atoms with Crippen LogP contribution in [0.2, 0.25) is 0 Å². The summed E-state index contributed by atoms with van der Waals surface area (Å²) in [5.74, 6) is -0.375. The Balaban J connectivity index is 3.96. The molecule has 10 heteroatoms. The predicted molar refractivity (Wildman–Crippen MR) is 247 cm³/mol. The molecule has 0 aliphatic heterocycles. The van der Waals surface area contributed by atoms with E-state index in [1.165, 1.54) is 212 Å². The van der Waals surface area contributed by atoms with Crippen LogP contribution < -0.4 is 0 Å². The molecule has 0 fully saturated rings. The maximum absolute atomic E-state index is 12.6. The smallest absolute Gasteiger partial charge is 0.457 e. The molecule has 0 rings (SSSR count). The Bertz CT molecular complexity index is 892. The van der Waals surface area contributed by atoms with Gasteiger partial charge in [0.2, 0.25) is 0 Å². The maximum atomic E-state index is 12.6. The van der Waals surface area contributed by atoms with E-state index in [9.17, 15) is 19.4 Å². The van der Waals surface area contributed by atoms with Gasteiger partial charge < -0.3 is 24.6 Å². The monoisotopic (exact) mass is 863 g/mol. The van der Waals surface area contributed by atoms with Crippen molar-refractivity contribution in [1.82, 2.24) is 0 Å². The van der Waals surface area contributed by atoms with Gasteiger partial charge in [-0.05, 0) is 12.8 Å². The van der Waals surface area contributed by atoms with Crippen LogP contribution in [0.3, 0.4) is 0 Å². The van der Waals surface area contributed by atoms with Crippen molar-refractivity contribution >= 4 is 13.8 Å². The molecule has 0 saturated carbocycles. The van der Waals surface area contributed by atoms with Crippen molar-refractivity contribution in [1.29, 1.82) is 0 Å². The van der Waals surface area contributed by atoms with Crippen molar-refractivity contribution in [3.63, 3.8) is 0 Å². The number of unbranched alkanes of at least 4 members (excludes halogenated alkanes) is 36. The van der Waals surface area contributed by atoms with Crippen molar-refractivity contribution in [3.8, 4) is 0 Å². The highest BCUT2D eigenvalue weighted by Crippen LogP contribution is 2.43. The van der Waals surface area contributed by atoms with E-state index in [1.807, 2.05) is 0 Å². The Labute approximate surface area is 365 Å². The van der Waals surface area contributed by atoms with Gasteiger partial charge in [-0.1, -0.05) is 245 Å². The molecule has 0 amide bonds. The zero-order valence-corrected chi connectivity index (χ0v) is 39.9. The number of hydrogen-bond acceptors (Lipinski definition) is 8. The number of rotatable bonds is 50. The zero-order chi connectivity index (χ0) is 43.2. The van der Waals surface area contributed by atoms with E-state index in [-0.39, 0.29) is 25.6 Å². The van der Waals surface area contributed by atoms with Gasteiger partial charge >= 0.3 is 13.8 Å². The van der Waals surface area contributed by atoms with Crippen molar-refractivity contribution < 1.29 is 43.0 Å². The highest BCUT2D eigenvalue weighted by Gasteiger charge is 2.26. The molecule has 354 valence electrons. The molecule has 3 unspecified atom stereocenters. The molecular weight excluding hydrogens is 764 g/mol. The Morgan fingerprint density at radius 3 is 1.10 bits per heavy atom. The highest BCUT2D eigenvalue weighted by atomic mass is 31.2. The normalized spacial score (nSPS) is 13.8. The van der Waals surface area contributed by atoms with Crippen LogP contribution in [0.5, 0.6) is 0 Å². The van der Waals surface area contributed by atoms with Gasteiger partial charge in [-0.2, -0.15) is 0 Å². The third-order valence-electron chi connectivity index (χ3n) is 11.5. The van der Waals surface area contributed by atoms with E-state index in [4.69, 9.17) is 23.6 Å². The zero-order valence-electron chi connectivity index (χ0n) is 39.0. The maximum Gasteiger partial charge on any atom is 0.472 e. The number of carbonyl (C=O) groups is 1. The molecule has 0 bridgehead atoms. The fourth-order valence-corrected chi connectivity index (χ4v) is 8.44. The molecule has 0 heterocycles. The lowest BCUT2D eigenvalue weighted by Crippen LogP contribution is -2.29. The molecule has 3 atom stereocenters. The van der Waals surface area contributed by atoms with Gasteiger partial charge in [0.25, 0.3) is 0 Å². The Hall–Kier alpha value is -0.540. The molecule has 0 spiro atoms. The first-order valence-electron chi connectivity index (χ1n) is 25.5. The molecule has 0 saturated heterocycles. The SMILES string of the molecule is CCCCCCCCCCCCCCCCCCCCCCCCCCOCC(COP(=O)(O)OCC(O)CO)OC(=O)CCCCCCCCCCCCCCCC. The predicted octanol–water partition coefficient (Wildman–Crippen LogP) is 14.7. The van der Waals surface area contributed by atoms with E-state index < -0.39 is 33.2 Å². The van der Waals surface area contributed by atoms with Crippen LogP contribution in [0.1, 0.15) is 264 Å². The summed E-state index contributed by atoms with van der Waals surface area (Å²) in [5.41, 5.74) is 0. The van der Waals surface area contributed by atoms with Crippen molar-refractivity contribution in [2.24, 2.45) is 0 Å². The topological polar surface area (TPSA) is 132 Å². The van der Waals surface area contributed by atoms with Gasteiger partial charge in [0.05, 0.1) is 26.4 Å². The first kappa shape index (κ1) is 58.5. The van der Waals surface area contributed by atoms with Gasteiger partial charge in [-0.3, -0.25) is 13.8 Å². The first-order valence-corrected chi connectivity index (χ1v) is 27.0. The van der Waals surface area contributed by atoms with Gasteiger partial charge in [0.1, 0.15) is 12.2 Å². The summed E-state index contributed by atoms with van der Waals surface area (Å²) in [6, 6.07) is 0. The van der Waals surface area contributed by atoms with E-state index in [2.05, 4.69) is 13.8 Å². The summed E-state index contributed by atoms with van der Waals surface area (Å²) in [4.78, 5) is 22.6. The Morgan fingerprint density at radius 2 is 0.763 bits per heavy atom. The average Bonchev–Trinajstić information content (AvgIpc) is 3.23. The molecule has 0 aromatic rings. The van der Waals surface area contributed by atoms with Crippen LogP contribution in [0, 0.1) is 0 Å². The van der Waals surface area contributed by atoms with Crippen LogP contribution in [0.15, 0.2) is 0 Å². The number of esters is 1. The number of ether oxygens (including phenoxy) is 2. The van der Waals surface area contributed by atoms with Gasteiger partial charge in [-0.25, -0.2) is 4.57 Å². The summed E-state index contributed by atoms with van der Waals surface area (Å²) in [6.07, 6.45) is 47.9. The molecule has 0 aromatic heterocycles. The Morgan fingerprint density at radius 1 is 0.458 bits per heavy atom. The minimum Gasteiger partial charge on any atom is -0.457 e. The fourth-order valence-electron chi connectivity index (χ4n) is 7.65. The van der Waals surface area contributed by atoms with E-state index in [0.29, 0.717) is 6.61 Å². The number of hydrogen-bond donors (Lipinski definition) is 3. The molecule has 3 N–H and O–H groups in total. The molecule has 59 heavy (non-hydrogen) atoms. The summed E-state index contributed by atoms with van der Waals surface area (Å²) >= 11 is 0. The second kappa shape index (κ2) is 47.0. The van der Waals surface area contributed by atoms with Crippen molar-refractivity contribution in [2.75, 3.05) is 33.0 Å². The van der Waals surface area contributed by atoms with E-state index >= 15 is 0 Å². The summed E-state index contributed by atoms with van der Waals surface area (Å²) < 4.78 is 33.5. The highest BCUT2D eigenvalue weighted by molar-refractivity contribution is 7.47. The first-order chi connectivity index (χ1) is 28.8. The second-order valence-corrected chi connectivity index (χ2v) is 19.0. The largest absolute Gasteiger partial charge is 0.472 e. The molecule has 0 radical (unpaired) electrons. The summed E-state index contributed by atoms with van der Waals surface area (Å²) in [7, 11) is -4.51. The lowest BCUT2D eigenvalue weighted by atomic mass is 10.0. The van der Waals surface area contributed by atoms with Crippen LogP contribution in [0.4, 0.5) is 0 Å². The number of phosphoric ester groups is 1. The van der Waals surface area contributed by atoms with Crippen molar-refractivity contribution in [2.45, 2.75) is 276 Å². The minimum absolute atomic E-state index is 0.0586. The Kier molecular flexibility index (Phi) is 46.5. The van der Waals surface area contributed by atoms with Gasteiger partial charge in [0, 0.05) is 13.0 Å². The number of phosphoric acid groups is 1. The van der Waals surface area contributed by atoms with Crippen LogP contribution in [-0.4, -0.2) is 66.3 Å². The summed E-state index contributed by atoms with van der Waals surface area (Å²) in [5, 5.41) is 18.4. The third kappa shape index (κ3) is 46.8. The molecule has 0 aliphatic carbocycles. The summed E-state index contributed by atoms with van der Waals surface area (Å²) in [6.45, 7) is 3.60. The van der Waals surface area contributed by atoms with Crippen LogP contribution in [-0.2, 0) is 27.9 Å². The molecule has 9 nitrogen and oxygen atoms in total. The third-order valence-corrected chi connectivity index (χ3v) is 12.5. The molecular formula is C49H99O9P. The van der Waals surface area contributed by atoms with E-state index in [0.717, 1.165) is 32.1 Å². The quantitative estimate of drug-likeness (QED) is 0.0311. The number of aliphatic hydroxyl groups is 2.